The predicted octanol–water partition coefficient (Wildman–Crippen LogP) is 1.29. The van der Waals surface area contributed by atoms with E-state index in [2.05, 4.69) is 5.32 Å². The van der Waals surface area contributed by atoms with E-state index in [4.69, 9.17) is 0 Å². The zero-order chi connectivity index (χ0) is 15.4. The van der Waals surface area contributed by atoms with Crippen LogP contribution < -0.4 is 5.32 Å². The number of amides is 2. The van der Waals surface area contributed by atoms with E-state index in [1.165, 1.54) is 0 Å². The minimum absolute atomic E-state index is 0.0221. The number of urea groups is 1. The van der Waals surface area contributed by atoms with Crippen LogP contribution in [0.4, 0.5) is 4.79 Å². The van der Waals surface area contributed by atoms with Gasteiger partial charge in [0.2, 0.25) is 0 Å². The average Bonchev–Trinajstić information content (AvgIpc) is 2.47. The Morgan fingerprint density at radius 1 is 1.24 bits per heavy atom. The minimum Gasteiger partial charge on any atom is -0.481 e. The second-order valence-corrected chi connectivity index (χ2v) is 6.45. The van der Waals surface area contributed by atoms with E-state index >= 15 is 0 Å². The van der Waals surface area contributed by atoms with Crippen LogP contribution in [-0.2, 0) is 4.79 Å². The van der Waals surface area contributed by atoms with Crippen molar-refractivity contribution in [3.63, 3.8) is 0 Å². The van der Waals surface area contributed by atoms with Crippen molar-refractivity contribution in [2.75, 3.05) is 19.6 Å². The van der Waals surface area contributed by atoms with Crippen molar-refractivity contribution in [2.45, 2.75) is 45.1 Å². The van der Waals surface area contributed by atoms with Gasteiger partial charge < -0.3 is 20.4 Å². The number of carboxylic acid groups (broad SMARTS) is 1. The molecule has 6 nitrogen and oxygen atoms in total. The van der Waals surface area contributed by atoms with E-state index in [0.29, 0.717) is 26.1 Å². The van der Waals surface area contributed by atoms with Gasteiger partial charge in [0.1, 0.15) is 0 Å². The highest BCUT2D eigenvalue weighted by molar-refractivity contribution is 5.74. The van der Waals surface area contributed by atoms with Crippen LogP contribution in [0.3, 0.4) is 0 Å². The number of aliphatic carboxylic acids is 1. The lowest BCUT2D eigenvalue weighted by atomic mass is 9.79. The highest BCUT2D eigenvalue weighted by Gasteiger charge is 2.32. The molecule has 0 aromatic carbocycles. The van der Waals surface area contributed by atoms with Crippen LogP contribution in [0.25, 0.3) is 0 Å². The van der Waals surface area contributed by atoms with Gasteiger partial charge in [-0.3, -0.25) is 4.79 Å². The molecule has 21 heavy (non-hydrogen) atoms. The fourth-order valence-corrected chi connectivity index (χ4v) is 3.34. The van der Waals surface area contributed by atoms with E-state index in [-0.39, 0.29) is 23.8 Å². The fourth-order valence-electron chi connectivity index (χ4n) is 3.34. The summed E-state index contributed by atoms with van der Waals surface area (Å²) in [6, 6.07) is -0.185. The third kappa shape index (κ3) is 4.09. The maximum absolute atomic E-state index is 12.1. The second kappa shape index (κ2) is 7.11. The molecule has 0 spiro atoms. The monoisotopic (exact) mass is 298 g/mol. The van der Waals surface area contributed by atoms with Gasteiger partial charge in [0.05, 0.1) is 12.0 Å². The third-order valence-electron chi connectivity index (χ3n) is 4.95. The molecule has 2 aliphatic rings. The molecule has 1 aliphatic heterocycles. The first-order chi connectivity index (χ1) is 9.99. The van der Waals surface area contributed by atoms with Crippen molar-refractivity contribution in [3.05, 3.63) is 0 Å². The van der Waals surface area contributed by atoms with Crippen molar-refractivity contribution in [2.24, 2.45) is 17.8 Å². The van der Waals surface area contributed by atoms with Crippen LogP contribution in [0, 0.1) is 17.8 Å². The van der Waals surface area contributed by atoms with Gasteiger partial charge in [0, 0.05) is 19.6 Å². The molecule has 2 rings (SSSR count). The van der Waals surface area contributed by atoms with E-state index in [0.717, 1.165) is 25.7 Å². The molecule has 4 unspecified atom stereocenters. The molecule has 0 radical (unpaired) electrons. The van der Waals surface area contributed by atoms with Crippen molar-refractivity contribution in [3.8, 4) is 0 Å². The molecule has 1 aliphatic carbocycles. The normalized spacial score (nSPS) is 33.5. The lowest BCUT2D eigenvalue weighted by molar-refractivity contribution is -0.144. The maximum Gasteiger partial charge on any atom is 0.317 e. The summed E-state index contributed by atoms with van der Waals surface area (Å²) >= 11 is 0. The Morgan fingerprint density at radius 3 is 2.62 bits per heavy atom. The first-order valence-corrected chi connectivity index (χ1v) is 7.92. The van der Waals surface area contributed by atoms with Crippen molar-refractivity contribution in [1.29, 1.82) is 0 Å². The van der Waals surface area contributed by atoms with Crippen molar-refractivity contribution < 1.29 is 19.8 Å². The number of aliphatic hydroxyl groups excluding tert-OH is 1. The van der Waals surface area contributed by atoms with Crippen LogP contribution >= 0.6 is 0 Å². The van der Waals surface area contributed by atoms with E-state index in [1.807, 2.05) is 6.92 Å². The smallest absolute Gasteiger partial charge is 0.317 e. The molecule has 4 atom stereocenters. The molecule has 120 valence electrons. The van der Waals surface area contributed by atoms with Gasteiger partial charge in [0.25, 0.3) is 0 Å². The molecule has 2 fully saturated rings. The molecular formula is C15H26N2O4. The van der Waals surface area contributed by atoms with Crippen LogP contribution in [0.2, 0.25) is 0 Å². The number of hydrogen-bond donors (Lipinski definition) is 3. The Bertz CT molecular complexity index is 388. The molecular weight excluding hydrogens is 272 g/mol. The number of nitrogens with zero attached hydrogens (tertiary/aromatic N) is 1. The number of carbonyl (C=O) groups is 2. The number of β-amino-alcohol motifs (C(OH)–C–C–N with tert-alkyl or cyclic N) is 1. The number of carbonyl (C=O) groups excluding carboxylic acids is 1. The Morgan fingerprint density at radius 2 is 1.95 bits per heavy atom. The number of aliphatic hydroxyl groups is 1. The van der Waals surface area contributed by atoms with Crippen LogP contribution in [0.5, 0.6) is 0 Å². The van der Waals surface area contributed by atoms with Gasteiger partial charge in [-0.15, -0.1) is 0 Å². The standard InChI is InChI=1S/C15H26N2O4/c1-10-6-7-17(9-13(10)18)15(21)16-8-11-4-2-3-5-12(11)14(19)20/h10-13,18H,2-9H2,1H3,(H,16,21)(H,19,20). The van der Waals surface area contributed by atoms with Crippen molar-refractivity contribution >= 4 is 12.0 Å². The minimum atomic E-state index is -0.754. The molecule has 1 heterocycles. The molecule has 0 aromatic rings. The molecule has 0 aromatic heterocycles. The van der Waals surface area contributed by atoms with E-state index in [9.17, 15) is 19.8 Å². The lowest BCUT2D eigenvalue weighted by Gasteiger charge is -2.35. The Kier molecular flexibility index (Phi) is 5.45. The fraction of sp³-hybridized carbons (Fsp3) is 0.867. The lowest BCUT2D eigenvalue weighted by Crippen LogP contribution is -2.51. The number of rotatable bonds is 3. The summed E-state index contributed by atoms with van der Waals surface area (Å²) in [5.74, 6) is -0.847. The molecule has 6 heteroatoms. The molecule has 1 saturated carbocycles. The summed E-state index contributed by atoms with van der Waals surface area (Å²) in [6.45, 7) is 3.41. The number of hydrogen-bond acceptors (Lipinski definition) is 3. The largest absolute Gasteiger partial charge is 0.481 e. The zero-order valence-electron chi connectivity index (χ0n) is 12.6. The van der Waals surface area contributed by atoms with Crippen molar-refractivity contribution in [1.82, 2.24) is 10.2 Å². The molecule has 2 amide bonds. The number of carboxylic acids is 1. The molecule has 3 N–H and O–H groups in total. The Hall–Kier alpha value is -1.30. The van der Waals surface area contributed by atoms with E-state index in [1.54, 1.807) is 4.90 Å². The predicted molar refractivity (Wildman–Crippen MR) is 77.8 cm³/mol. The maximum atomic E-state index is 12.1. The summed E-state index contributed by atoms with van der Waals surface area (Å²) in [5, 5.41) is 21.9. The first-order valence-electron chi connectivity index (χ1n) is 7.92. The third-order valence-corrected chi connectivity index (χ3v) is 4.95. The highest BCUT2D eigenvalue weighted by Crippen LogP contribution is 2.29. The molecule has 1 saturated heterocycles. The van der Waals surface area contributed by atoms with Gasteiger partial charge in [-0.1, -0.05) is 19.8 Å². The first kappa shape index (κ1) is 16.1. The summed E-state index contributed by atoms with van der Waals surface area (Å²) in [7, 11) is 0. The van der Waals surface area contributed by atoms with Gasteiger partial charge in [0.15, 0.2) is 0 Å². The van der Waals surface area contributed by atoms with E-state index < -0.39 is 12.1 Å². The van der Waals surface area contributed by atoms with Crippen LogP contribution in [0.15, 0.2) is 0 Å². The zero-order valence-corrected chi connectivity index (χ0v) is 12.6. The average molecular weight is 298 g/mol. The van der Waals surface area contributed by atoms with Gasteiger partial charge >= 0.3 is 12.0 Å². The molecule has 0 bridgehead atoms. The van der Waals surface area contributed by atoms with Crippen LogP contribution in [0.1, 0.15) is 39.0 Å². The van der Waals surface area contributed by atoms with Gasteiger partial charge in [-0.05, 0) is 31.1 Å². The Labute approximate surface area is 125 Å². The van der Waals surface area contributed by atoms with Crippen LogP contribution in [-0.4, -0.2) is 52.9 Å². The quantitative estimate of drug-likeness (QED) is 0.732. The highest BCUT2D eigenvalue weighted by atomic mass is 16.4. The second-order valence-electron chi connectivity index (χ2n) is 6.45. The number of likely N-dealkylation sites (tertiary alicyclic amines) is 1. The summed E-state index contributed by atoms with van der Waals surface area (Å²) in [4.78, 5) is 25.0. The number of piperidine rings is 1. The van der Waals surface area contributed by atoms with Gasteiger partial charge in [-0.2, -0.15) is 0 Å². The SMILES string of the molecule is CC1CCN(C(=O)NCC2CCCCC2C(=O)O)CC1O. The summed E-state index contributed by atoms with van der Waals surface area (Å²) in [5.41, 5.74) is 0. The summed E-state index contributed by atoms with van der Waals surface area (Å²) in [6.07, 6.45) is 3.88. The van der Waals surface area contributed by atoms with Gasteiger partial charge in [-0.25, -0.2) is 4.79 Å². The Balaban J connectivity index is 1.81. The topological polar surface area (TPSA) is 89.9 Å². The number of nitrogens with one attached hydrogen (secondary N) is 1. The summed E-state index contributed by atoms with van der Waals surface area (Å²) < 4.78 is 0.